The van der Waals surface area contributed by atoms with Crippen molar-refractivity contribution < 1.29 is 14.7 Å². The van der Waals surface area contributed by atoms with Gasteiger partial charge < -0.3 is 15.7 Å². The monoisotopic (exact) mass is 280 g/mol. The normalized spacial score (nSPS) is 33.5. The number of carbonyl (C=O) groups is 2. The predicted octanol–water partition coefficient (Wildman–Crippen LogP) is 2.28. The van der Waals surface area contributed by atoms with Gasteiger partial charge in [-0.1, -0.05) is 38.3 Å². The Kier molecular flexibility index (Phi) is 5.04. The van der Waals surface area contributed by atoms with Crippen LogP contribution in [0.1, 0.15) is 45.4 Å². The van der Waals surface area contributed by atoms with Crippen molar-refractivity contribution in [2.75, 3.05) is 0 Å². The summed E-state index contributed by atoms with van der Waals surface area (Å²) in [5.74, 6) is -0.797. The van der Waals surface area contributed by atoms with Crippen molar-refractivity contribution in [1.29, 1.82) is 0 Å². The fourth-order valence-electron chi connectivity index (χ4n) is 3.08. The van der Waals surface area contributed by atoms with Gasteiger partial charge >= 0.3 is 12.0 Å². The third kappa shape index (κ3) is 3.99. The third-order valence-electron chi connectivity index (χ3n) is 4.40. The molecule has 2 aliphatic rings. The Balaban J connectivity index is 1.78. The lowest BCUT2D eigenvalue weighted by Crippen LogP contribution is -2.47. The predicted molar refractivity (Wildman–Crippen MR) is 76.4 cm³/mol. The van der Waals surface area contributed by atoms with Gasteiger partial charge in [0.1, 0.15) is 0 Å². The molecule has 2 aliphatic carbocycles. The molecule has 0 aromatic rings. The minimum absolute atomic E-state index is 0.169. The molecule has 5 nitrogen and oxygen atoms in total. The average Bonchev–Trinajstić information content (AvgIpc) is 2.76. The second kappa shape index (κ2) is 6.77. The number of carboxylic acid groups (broad SMARTS) is 1. The Morgan fingerprint density at radius 3 is 2.55 bits per heavy atom. The van der Waals surface area contributed by atoms with Gasteiger partial charge in [0, 0.05) is 6.04 Å². The fraction of sp³-hybridized carbons (Fsp3) is 0.733. The van der Waals surface area contributed by atoms with E-state index in [0.29, 0.717) is 12.3 Å². The van der Waals surface area contributed by atoms with Crippen LogP contribution in [0.25, 0.3) is 0 Å². The molecule has 20 heavy (non-hydrogen) atoms. The number of carboxylic acids is 1. The van der Waals surface area contributed by atoms with Crippen LogP contribution in [0.2, 0.25) is 0 Å². The maximum atomic E-state index is 12.0. The van der Waals surface area contributed by atoms with E-state index in [4.69, 9.17) is 5.11 Å². The summed E-state index contributed by atoms with van der Waals surface area (Å²) in [6.45, 7) is 2.19. The van der Waals surface area contributed by atoms with Gasteiger partial charge in [0.15, 0.2) is 0 Å². The van der Waals surface area contributed by atoms with Crippen molar-refractivity contribution in [3.8, 4) is 0 Å². The zero-order chi connectivity index (χ0) is 14.5. The van der Waals surface area contributed by atoms with E-state index in [1.165, 1.54) is 19.3 Å². The highest BCUT2D eigenvalue weighted by Gasteiger charge is 2.27. The molecule has 1 fully saturated rings. The number of amides is 2. The number of urea groups is 1. The minimum atomic E-state index is -0.830. The summed E-state index contributed by atoms with van der Waals surface area (Å²) in [7, 11) is 0. The Labute approximate surface area is 119 Å². The summed E-state index contributed by atoms with van der Waals surface area (Å²) in [5, 5.41) is 14.8. The molecule has 5 heteroatoms. The third-order valence-corrected chi connectivity index (χ3v) is 4.40. The molecule has 0 aromatic heterocycles. The van der Waals surface area contributed by atoms with Crippen molar-refractivity contribution in [1.82, 2.24) is 10.6 Å². The summed E-state index contributed by atoms with van der Waals surface area (Å²) in [6.07, 6.45) is 9.73. The first-order chi connectivity index (χ1) is 9.56. The highest BCUT2D eigenvalue weighted by atomic mass is 16.4. The van der Waals surface area contributed by atoms with Gasteiger partial charge in [-0.3, -0.25) is 4.79 Å². The van der Waals surface area contributed by atoms with Crippen molar-refractivity contribution >= 4 is 12.0 Å². The first-order valence-corrected chi connectivity index (χ1v) is 7.54. The second-order valence-corrected chi connectivity index (χ2v) is 6.01. The van der Waals surface area contributed by atoms with E-state index in [1.807, 2.05) is 0 Å². The number of carbonyl (C=O) groups excluding carboxylic acids is 1. The van der Waals surface area contributed by atoms with Gasteiger partial charge in [-0.15, -0.1) is 0 Å². The first-order valence-electron chi connectivity index (χ1n) is 7.54. The van der Waals surface area contributed by atoms with Gasteiger partial charge in [0.05, 0.1) is 12.0 Å². The smallest absolute Gasteiger partial charge is 0.315 e. The molecule has 0 heterocycles. The zero-order valence-electron chi connectivity index (χ0n) is 12.0. The Morgan fingerprint density at radius 1 is 1.10 bits per heavy atom. The standard InChI is InChI=1S/C15H24N2O3/c1-10-5-3-2-4-6-13(10)17-15(20)16-12-8-7-11(9-12)14(18)19/h7-8,10-13H,2-6,9H2,1H3,(H,18,19)(H2,16,17,20). The molecule has 1 saturated carbocycles. The topological polar surface area (TPSA) is 78.4 Å². The Bertz CT molecular complexity index is 395. The molecule has 0 aromatic carbocycles. The molecule has 3 N–H and O–H groups in total. The zero-order valence-corrected chi connectivity index (χ0v) is 12.0. The highest BCUT2D eigenvalue weighted by Crippen LogP contribution is 2.23. The number of rotatable bonds is 3. The molecule has 0 saturated heterocycles. The molecule has 4 atom stereocenters. The van der Waals surface area contributed by atoms with E-state index in [2.05, 4.69) is 17.6 Å². The average molecular weight is 280 g/mol. The summed E-state index contributed by atoms with van der Waals surface area (Å²) in [4.78, 5) is 22.8. The summed E-state index contributed by atoms with van der Waals surface area (Å²) in [5.41, 5.74) is 0. The lowest BCUT2D eigenvalue weighted by atomic mass is 9.97. The lowest BCUT2D eigenvalue weighted by Gasteiger charge is -2.24. The lowest BCUT2D eigenvalue weighted by molar-refractivity contribution is -0.140. The van der Waals surface area contributed by atoms with Crippen LogP contribution in [0, 0.1) is 11.8 Å². The molecule has 0 radical (unpaired) electrons. The number of nitrogens with one attached hydrogen (secondary N) is 2. The molecule has 0 aliphatic heterocycles. The molecule has 2 rings (SSSR count). The van der Waals surface area contributed by atoms with Crippen molar-refractivity contribution in [2.45, 2.75) is 57.5 Å². The van der Waals surface area contributed by atoms with E-state index in [0.717, 1.165) is 12.8 Å². The van der Waals surface area contributed by atoms with Crippen LogP contribution >= 0.6 is 0 Å². The molecular weight excluding hydrogens is 256 g/mol. The Morgan fingerprint density at radius 2 is 1.85 bits per heavy atom. The van der Waals surface area contributed by atoms with Crippen molar-refractivity contribution in [3.63, 3.8) is 0 Å². The van der Waals surface area contributed by atoms with Crippen LogP contribution in [0.3, 0.4) is 0 Å². The molecular formula is C15H24N2O3. The van der Waals surface area contributed by atoms with Crippen LogP contribution in [0.5, 0.6) is 0 Å². The van der Waals surface area contributed by atoms with Gasteiger partial charge in [0.25, 0.3) is 0 Å². The molecule has 0 spiro atoms. The molecule has 2 amide bonds. The van der Waals surface area contributed by atoms with E-state index >= 15 is 0 Å². The largest absolute Gasteiger partial charge is 0.481 e. The van der Waals surface area contributed by atoms with Crippen LogP contribution in [0.15, 0.2) is 12.2 Å². The van der Waals surface area contributed by atoms with Crippen LogP contribution in [-0.4, -0.2) is 29.2 Å². The number of hydrogen-bond acceptors (Lipinski definition) is 2. The van der Waals surface area contributed by atoms with Crippen molar-refractivity contribution in [3.05, 3.63) is 12.2 Å². The summed E-state index contributed by atoms with van der Waals surface area (Å²) in [6, 6.07) is -0.111. The molecule has 0 bridgehead atoms. The first kappa shape index (κ1) is 14.9. The number of hydrogen-bond donors (Lipinski definition) is 3. The van der Waals surface area contributed by atoms with E-state index in [1.54, 1.807) is 12.2 Å². The molecule has 4 unspecified atom stereocenters. The van der Waals surface area contributed by atoms with Crippen LogP contribution in [0.4, 0.5) is 4.79 Å². The molecule has 112 valence electrons. The van der Waals surface area contributed by atoms with E-state index in [-0.39, 0.29) is 18.1 Å². The number of aliphatic carboxylic acids is 1. The van der Waals surface area contributed by atoms with Gasteiger partial charge in [-0.2, -0.15) is 0 Å². The van der Waals surface area contributed by atoms with Gasteiger partial charge in [-0.05, 0) is 25.2 Å². The second-order valence-electron chi connectivity index (χ2n) is 6.01. The summed E-state index contributed by atoms with van der Waals surface area (Å²) < 4.78 is 0. The summed E-state index contributed by atoms with van der Waals surface area (Å²) >= 11 is 0. The minimum Gasteiger partial charge on any atom is -0.481 e. The maximum Gasteiger partial charge on any atom is 0.315 e. The SMILES string of the molecule is CC1CCCCCC1NC(=O)NC1C=CC(C(=O)O)C1. The Hall–Kier alpha value is -1.52. The van der Waals surface area contributed by atoms with Gasteiger partial charge in [-0.25, -0.2) is 4.79 Å². The fourth-order valence-corrected chi connectivity index (χ4v) is 3.08. The van der Waals surface area contributed by atoms with Crippen molar-refractivity contribution in [2.24, 2.45) is 11.8 Å². The maximum absolute atomic E-state index is 12.0. The quantitative estimate of drug-likeness (QED) is 0.548. The highest BCUT2D eigenvalue weighted by molar-refractivity contribution is 5.76. The van der Waals surface area contributed by atoms with E-state index < -0.39 is 11.9 Å². The van der Waals surface area contributed by atoms with Crippen LogP contribution in [-0.2, 0) is 4.79 Å². The van der Waals surface area contributed by atoms with E-state index in [9.17, 15) is 9.59 Å². The van der Waals surface area contributed by atoms with Gasteiger partial charge in [0.2, 0.25) is 0 Å². The van der Waals surface area contributed by atoms with Crippen LogP contribution < -0.4 is 10.6 Å².